The van der Waals surface area contributed by atoms with E-state index < -0.39 is 6.10 Å². The monoisotopic (exact) mass is 667 g/mol. The van der Waals surface area contributed by atoms with Gasteiger partial charge in [0.05, 0.1) is 0 Å². The lowest BCUT2D eigenvalue weighted by molar-refractivity contribution is -0.167. The average molecular weight is 667 g/mol. The summed E-state index contributed by atoms with van der Waals surface area (Å²) in [4.78, 5) is 37.4. The Bertz CT molecular complexity index is 719. The van der Waals surface area contributed by atoms with Crippen LogP contribution in [0.15, 0.2) is 0 Å². The molecule has 0 rings (SSSR count). The van der Waals surface area contributed by atoms with Crippen LogP contribution in [0, 0.1) is 11.8 Å². The minimum atomic E-state index is -0.759. The van der Waals surface area contributed by atoms with Crippen molar-refractivity contribution in [3.63, 3.8) is 0 Å². The number of hydrogen-bond acceptors (Lipinski definition) is 6. The van der Waals surface area contributed by atoms with Crippen molar-refractivity contribution in [1.29, 1.82) is 0 Å². The van der Waals surface area contributed by atoms with Crippen molar-refractivity contribution >= 4 is 17.9 Å². The van der Waals surface area contributed by atoms with E-state index in [2.05, 4.69) is 34.6 Å². The second-order valence-electron chi connectivity index (χ2n) is 14.9. The van der Waals surface area contributed by atoms with Crippen molar-refractivity contribution in [3.8, 4) is 0 Å². The molecule has 6 nitrogen and oxygen atoms in total. The van der Waals surface area contributed by atoms with Gasteiger partial charge in [-0.25, -0.2) is 0 Å². The number of rotatable bonds is 35. The molecule has 0 saturated heterocycles. The van der Waals surface area contributed by atoms with E-state index in [-0.39, 0.29) is 31.1 Å². The third-order valence-electron chi connectivity index (χ3n) is 8.97. The van der Waals surface area contributed by atoms with Crippen molar-refractivity contribution in [1.82, 2.24) is 0 Å². The van der Waals surface area contributed by atoms with Crippen LogP contribution >= 0.6 is 0 Å². The largest absolute Gasteiger partial charge is 0.462 e. The fraction of sp³-hybridized carbons (Fsp3) is 0.927. The van der Waals surface area contributed by atoms with Crippen LogP contribution in [0.25, 0.3) is 0 Å². The number of hydrogen-bond donors (Lipinski definition) is 0. The minimum Gasteiger partial charge on any atom is -0.462 e. The third kappa shape index (κ3) is 35.5. The number of unbranched alkanes of at least 4 members (excludes halogenated alkanes) is 20. The lowest BCUT2D eigenvalue weighted by Crippen LogP contribution is -2.30. The van der Waals surface area contributed by atoms with Gasteiger partial charge in [-0.2, -0.15) is 0 Å². The summed E-state index contributed by atoms with van der Waals surface area (Å²) in [7, 11) is 0. The summed E-state index contributed by atoms with van der Waals surface area (Å²) >= 11 is 0. The fourth-order valence-corrected chi connectivity index (χ4v) is 5.87. The highest BCUT2D eigenvalue weighted by Gasteiger charge is 2.19. The molecule has 1 atom stereocenters. The van der Waals surface area contributed by atoms with Gasteiger partial charge < -0.3 is 14.2 Å². The fourth-order valence-electron chi connectivity index (χ4n) is 5.87. The Morgan fingerprint density at radius 2 is 0.702 bits per heavy atom. The normalized spacial score (nSPS) is 12.1. The van der Waals surface area contributed by atoms with Crippen LogP contribution in [0.4, 0.5) is 0 Å². The zero-order chi connectivity index (χ0) is 34.8. The number of esters is 3. The van der Waals surface area contributed by atoms with Crippen molar-refractivity contribution in [3.05, 3.63) is 0 Å². The van der Waals surface area contributed by atoms with Gasteiger partial charge in [-0.1, -0.05) is 176 Å². The Kier molecular flexibility index (Phi) is 33.1. The van der Waals surface area contributed by atoms with E-state index in [0.717, 1.165) is 69.6 Å². The first-order valence-electron chi connectivity index (χ1n) is 20.2. The highest BCUT2D eigenvalue weighted by molar-refractivity contribution is 5.71. The van der Waals surface area contributed by atoms with Crippen molar-refractivity contribution in [2.75, 3.05) is 13.2 Å². The maximum absolute atomic E-state index is 12.6. The molecule has 0 aromatic heterocycles. The van der Waals surface area contributed by atoms with E-state index in [1.807, 2.05) is 0 Å². The van der Waals surface area contributed by atoms with E-state index in [1.165, 1.54) is 103 Å². The van der Waals surface area contributed by atoms with E-state index in [4.69, 9.17) is 14.2 Å². The van der Waals surface area contributed by atoms with E-state index >= 15 is 0 Å². The summed E-state index contributed by atoms with van der Waals surface area (Å²) in [5, 5.41) is 0. The van der Waals surface area contributed by atoms with Crippen molar-refractivity contribution in [2.24, 2.45) is 11.8 Å². The molecule has 0 bridgehead atoms. The smallest absolute Gasteiger partial charge is 0.306 e. The standard InChI is InChI=1S/C41H78O6/c1-6-7-8-9-10-11-15-21-26-31-39(42)45-34-38(47-41(44)33-28-23-18-17-20-25-30-37(4)5)35-46-40(43)32-27-22-16-13-12-14-19-24-29-36(2)3/h36-38H,6-35H2,1-5H3/t38-/m0/s1. The van der Waals surface area contributed by atoms with Gasteiger partial charge in [-0.3, -0.25) is 14.4 Å². The van der Waals surface area contributed by atoms with Gasteiger partial charge in [0.1, 0.15) is 13.2 Å². The van der Waals surface area contributed by atoms with E-state index in [1.54, 1.807) is 0 Å². The number of ether oxygens (including phenoxy) is 3. The molecular weight excluding hydrogens is 588 g/mol. The van der Waals surface area contributed by atoms with Gasteiger partial charge in [0.15, 0.2) is 6.10 Å². The molecule has 0 fully saturated rings. The first kappa shape index (κ1) is 45.4. The molecule has 278 valence electrons. The SMILES string of the molecule is CCCCCCCCCCCC(=O)OC[C@@H](COC(=O)CCCCCCCCCCC(C)C)OC(=O)CCCCCCCCC(C)C. The van der Waals surface area contributed by atoms with Gasteiger partial charge in [0.25, 0.3) is 0 Å². The van der Waals surface area contributed by atoms with Crippen LogP contribution in [0.5, 0.6) is 0 Å². The zero-order valence-corrected chi connectivity index (χ0v) is 31.9. The maximum atomic E-state index is 12.6. The predicted octanol–water partition coefficient (Wildman–Crippen LogP) is 12.2. The van der Waals surface area contributed by atoms with E-state index in [0.29, 0.717) is 19.3 Å². The maximum Gasteiger partial charge on any atom is 0.306 e. The van der Waals surface area contributed by atoms with Crippen molar-refractivity contribution in [2.45, 2.75) is 221 Å². The zero-order valence-electron chi connectivity index (χ0n) is 31.9. The van der Waals surface area contributed by atoms with Crippen LogP contribution in [0.1, 0.15) is 214 Å². The molecule has 47 heavy (non-hydrogen) atoms. The Balaban J connectivity index is 4.35. The molecule has 0 spiro atoms. The minimum absolute atomic E-state index is 0.0672. The molecule has 0 aliphatic heterocycles. The van der Waals surface area contributed by atoms with Crippen LogP contribution in [-0.2, 0) is 28.6 Å². The highest BCUT2D eigenvalue weighted by atomic mass is 16.6. The molecule has 0 N–H and O–H groups in total. The lowest BCUT2D eigenvalue weighted by atomic mass is 10.0. The Morgan fingerprint density at radius 1 is 0.404 bits per heavy atom. The van der Waals surface area contributed by atoms with Crippen LogP contribution in [0.3, 0.4) is 0 Å². The second-order valence-corrected chi connectivity index (χ2v) is 14.9. The Morgan fingerprint density at radius 3 is 1.04 bits per heavy atom. The summed E-state index contributed by atoms with van der Waals surface area (Å²) in [6, 6.07) is 0. The summed E-state index contributed by atoms with van der Waals surface area (Å²) in [6.45, 7) is 11.2. The topological polar surface area (TPSA) is 78.9 Å². The molecule has 0 aromatic carbocycles. The number of carbonyl (C=O) groups is 3. The molecule has 0 radical (unpaired) electrons. The molecule has 0 saturated carbocycles. The lowest BCUT2D eigenvalue weighted by Gasteiger charge is -2.18. The molecule has 0 aromatic rings. The summed E-state index contributed by atoms with van der Waals surface area (Å²) in [5.74, 6) is 0.682. The second kappa shape index (κ2) is 34.3. The van der Waals surface area contributed by atoms with Gasteiger partial charge in [-0.05, 0) is 31.1 Å². The molecule has 0 amide bonds. The van der Waals surface area contributed by atoms with Crippen LogP contribution in [0.2, 0.25) is 0 Å². The molecule has 0 aliphatic rings. The van der Waals surface area contributed by atoms with Crippen molar-refractivity contribution < 1.29 is 28.6 Å². The Hall–Kier alpha value is -1.59. The first-order chi connectivity index (χ1) is 22.7. The third-order valence-corrected chi connectivity index (χ3v) is 8.97. The summed E-state index contributed by atoms with van der Waals surface area (Å²) < 4.78 is 16.6. The molecule has 0 aliphatic carbocycles. The molecular formula is C41H78O6. The highest BCUT2D eigenvalue weighted by Crippen LogP contribution is 2.15. The van der Waals surface area contributed by atoms with Gasteiger partial charge in [-0.15, -0.1) is 0 Å². The average Bonchev–Trinajstić information content (AvgIpc) is 3.03. The van der Waals surface area contributed by atoms with E-state index in [9.17, 15) is 14.4 Å². The van der Waals surface area contributed by atoms with Gasteiger partial charge in [0.2, 0.25) is 0 Å². The van der Waals surface area contributed by atoms with Gasteiger partial charge in [0, 0.05) is 19.3 Å². The van der Waals surface area contributed by atoms with Crippen LogP contribution < -0.4 is 0 Å². The summed E-state index contributed by atoms with van der Waals surface area (Å²) in [6.07, 6.45) is 29.6. The Labute approximate surface area is 291 Å². The van der Waals surface area contributed by atoms with Crippen LogP contribution in [-0.4, -0.2) is 37.2 Å². The van der Waals surface area contributed by atoms with Gasteiger partial charge >= 0.3 is 17.9 Å². The summed E-state index contributed by atoms with van der Waals surface area (Å²) in [5.41, 5.74) is 0. The number of carbonyl (C=O) groups excluding carboxylic acids is 3. The first-order valence-corrected chi connectivity index (χ1v) is 20.2. The molecule has 0 heterocycles. The predicted molar refractivity (Wildman–Crippen MR) is 196 cm³/mol. The molecule has 0 unspecified atom stereocenters. The molecule has 6 heteroatoms. The quantitative estimate of drug-likeness (QED) is 0.0380.